The van der Waals surface area contributed by atoms with Gasteiger partial charge in [-0.05, 0) is 94.3 Å². The zero-order chi connectivity index (χ0) is 53.7. The molecule has 16 nitrogen and oxygen atoms in total. The average molecular weight is 1070 g/mol. The molecule has 4 aromatic carbocycles. The molecule has 0 bridgehead atoms. The number of hydrogen-bond donors (Lipinski definition) is 4. The summed E-state index contributed by atoms with van der Waals surface area (Å²) < 4.78 is 78.1. The first-order valence-electron chi connectivity index (χ1n) is 26.0. The molecule has 4 atom stereocenters. The molecule has 5 aromatic rings. The summed E-state index contributed by atoms with van der Waals surface area (Å²) in [6, 6.07) is 13.3. The fraction of sp³-hybridized carbons (Fsp3) is 0.473. The first-order valence-corrected chi connectivity index (χ1v) is 26.4. The number of aliphatic hydroxyl groups is 1. The Kier molecular flexibility index (Phi) is 15.1. The van der Waals surface area contributed by atoms with E-state index in [-0.39, 0.29) is 100 Å². The summed E-state index contributed by atoms with van der Waals surface area (Å²) in [7, 11) is 3.51. The normalized spacial score (nSPS) is 23.0. The van der Waals surface area contributed by atoms with E-state index in [1.165, 1.54) is 33.8 Å². The van der Waals surface area contributed by atoms with Gasteiger partial charge >= 0.3 is 6.03 Å². The number of hydrogen-bond acceptors (Lipinski definition) is 11. The van der Waals surface area contributed by atoms with Crippen molar-refractivity contribution in [2.45, 2.75) is 81.4 Å². The van der Waals surface area contributed by atoms with Crippen molar-refractivity contribution in [2.75, 3.05) is 77.5 Å². The lowest BCUT2D eigenvalue weighted by atomic mass is 9.77. The highest BCUT2D eigenvalue weighted by atomic mass is 35.5. The number of halogens is 5. The number of nitrogens with one attached hydrogen (secondary N) is 2. The number of nitrogens with two attached hydrogens (primary N) is 1. The predicted molar refractivity (Wildman–Crippen MR) is 276 cm³/mol. The summed E-state index contributed by atoms with van der Waals surface area (Å²) in [4.78, 5) is 58.9. The summed E-state index contributed by atoms with van der Waals surface area (Å²) in [5.74, 6) is -5.13. The molecule has 21 heteroatoms. The number of carbonyl (C=O) groups is 4. The summed E-state index contributed by atoms with van der Waals surface area (Å²) in [5.41, 5.74) is 5.24. The lowest BCUT2D eigenvalue weighted by Gasteiger charge is -2.42. The molecule has 76 heavy (non-hydrogen) atoms. The maximum atomic E-state index is 16.5. The van der Waals surface area contributed by atoms with Crippen molar-refractivity contribution in [1.82, 2.24) is 35.1 Å². The standard InChI is InChI=1S/C55H62ClF4N9O7/c1-30-43-41(26-38(58)47(56)46(43)45-35(51(61)72)10-12-40(48(45)59)75-24-23-70)76-55(30,33-7-5-4-6-8-33)29-62-34-9-11-39(65(2)28-34)53(73)68-20-13-31(14-21-68)27-67-18-15-32(16-19-67)44-37(57)25-36-50(49(44)60)66(3)64-52(36)69-22-17-42(71)63-54(69)74/h4-8,10,12,25-26,30-32,34,39,62,70H,9,11,13-24,27-29H2,1-3H3,(H2,61,72)(H,63,71,74)/t30-,34-,39-,55-/m0/s1. The van der Waals surface area contributed by atoms with Gasteiger partial charge in [0.1, 0.15) is 29.5 Å². The Morgan fingerprint density at radius 2 is 1.66 bits per heavy atom. The number of rotatable bonds is 14. The van der Waals surface area contributed by atoms with Gasteiger partial charge in [0.2, 0.25) is 17.7 Å². The molecule has 0 aliphatic carbocycles. The number of fused-ring (bicyclic) bond motifs is 2. The number of likely N-dealkylation sites (N-methyl/N-ethyl adjacent to an activating group) is 1. The monoisotopic (exact) mass is 1070 g/mol. The number of primary amides is 1. The van der Waals surface area contributed by atoms with E-state index in [0.717, 1.165) is 24.9 Å². The van der Waals surface area contributed by atoms with Gasteiger partial charge in [0.05, 0.1) is 28.6 Å². The number of piperidine rings is 3. The number of benzene rings is 4. The summed E-state index contributed by atoms with van der Waals surface area (Å²) >= 11 is 6.73. The molecule has 5 aliphatic heterocycles. The molecule has 5 aliphatic rings. The lowest BCUT2D eigenvalue weighted by Crippen LogP contribution is -2.57. The third kappa shape index (κ3) is 9.75. The Labute approximate surface area is 442 Å². The van der Waals surface area contributed by atoms with Crippen LogP contribution in [0.5, 0.6) is 11.5 Å². The van der Waals surface area contributed by atoms with Gasteiger partial charge in [0, 0.05) is 93.0 Å². The van der Waals surface area contributed by atoms with E-state index < -0.39 is 64.3 Å². The van der Waals surface area contributed by atoms with E-state index >= 15 is 17.6 Å². The Morgan fingerprint density at radius 1 is 0.921 bits per heavy atom. The molecule has 4 fully saturated rings. The number of amides is 5. The van der Waals surface area contributed by atoms with E-state index in [9.17, 15) is 24.3 Å². The van der Waals surface area contributed by atoms with Crippen LogP contribution in [0.25, 0.3) is 22.0 Å². The minimum atomic E-state index is -1.16. The number of imide groups is 1. The van der Waals surface area contributed by atoms with Crippen LogP contribution < -0.4 is 30.7 Å². The van der Waals surface area contributed by atoms with Gasteiger partial charge in [-0.1, -0.05) is 48.9 Å². The van der Waals surface area contributed by atoms with Crippen molar-refractivity contribution in [2.24, 2.45) is 18.7 Å². The number of nitrogens with zero attached hydrogens (tertiary/aromatic N) is 6. The van der Waals surface area contributed by atoms with Crippen molar-refractivity contribution in [3.63, 3.8) is 0 Å². The fourth-order valence-electron chi connectivity index (χ4n) is 12.4. The van der Waals surface area contributed by atoms with E-state index in [1.807, 2.05) is 49.2 Å². The maximum Gasteiger partial charge on any atom is 0.329 e. The van der Waals surface area contributed by atoms with Gasteiger partial charge in [-0.3, -0.25) is 34.2 Å². The van der Waals surface area contributed by atoms with E-state index in [1.54, 1.807) is 7.05 Å². The Bertz CT molecular complexity index is 3080. The first kappa shape index (κ1) is 53.1. The molecule has 5 N–H and O–H groups in total. The Balaban J connectivity index is 0.751. The molecule has 0 unspecified atom stereocenters. The quantitative estimate of drug-likeness (QED) is 0.0846. The molecule has 5 amide bonds. The van der Waals surface area contributed by atoms with Crippen LogP contribution in [0, 0.1) is 29.2 Å². The second-order valence-electron chi connectivity index (χ2n) is 20.9. The summed E-state index contributed by atoms with van der Waals surface area (Å²) in [6.07, 6.45) is 4.18. The highest BCUT2D eigenvalue weighted by Gasteiger charge is 2.51. The van der Waals surface area contributed by atoms with Crippen molar-refractivity contribution < 1.29 is 51.3 Å². The summed E-state index contributed by atoms with van der Waals surface area (Å²) in [5, 5.41) is 19.4. The molecule has 1 aromatic heterocycles. The highest BCUT2D eigenvalue weighted by Crippen LogP contribution is 2.56. The zero-order valence-corrected chi connectivity index (χ0v) is 43.4. The fourth-order valence-corrected chi connectivity index (χ4v) is 12.7. The van der Waals surface area contributed by atoms with Gasteiger partial charge < -0.3 is 35.4 Å². The van der Waals surface area contributed by atoms with Gasteiger partial charge in [-0.15, -0.1) is 0 Å². The average Bonchev–Trinajstić information content (AvgIpc) is 3.91. The van der Waals surface area contributed by atoms with Crippen LogP contribution in [-0.2, 0) is 22.2 Å². The van der Waals surface area contributed by atoms with Crippen molar-refractivity contribution in [1.29, 1.82) is 0 Å². The van der Waals surface area contributed by atoms with Crippen molar-refractivity contribution in [3.05, 3.63) is 105 Å². The van der Waals surface area contributed by atoms with E-state index in [0.29, 0.717) is 69.9 Å². The second kappa shape index (κ2) is 21.6. The van der Waals surface area contributed by atoms with Crippen molar-refractivity contribution >= 4 is 52.1 Å². The predicted octanol–water partition coefficient (Wildman–Crippen LogP) is 6.93. The lowest BCUT2D eigenvalue weighted by molar-refractivity contribution is -0.139. The SMILES string of the molecule is C[C@H]1c2c(cc(F)c(Cl)c2-c2c(C(N)=O)ccc(OCCO)c2F)O[C@]1(CN[C@H]1CC[C@@H](C(=O)N2CCC(CN3CCC(c4c(F)cc5c(N6CCC(=O)NC6=O)nn(C)c5c4F)CC3)CC2)N(C)C1)c1ccccc1. The second-order valence-corrected chi connectivity index (χ2v) is 21.3. The number of ether oxygens (including phenoxy) is 2. The molecular weight excluding hydrogens is 1010 g/mol. The number of likely N-dealkylation sites (tertiary alicyclic amines) is 3. The largest absolute Gasteiger partial charge is 0.488 e. The van der Waals surface area contributed by atoms with Crippen molar-refractivity contribution in [3.8, 4) is 22.6 Å². The molecule has 0 saturated carbocycles. The zero-order valence-electron chi connectivity index (χ0n) is 42.7. The maximum absolute atomic E-state index is 16.5. The van der Waals surface area contributed by atoms with E-state index in [2.05, 4.69) is 25.5 Å². The van der Waals surface area contributed by atoms with Gasteiger partial charge in [-0.2, -0.15) is 5.10 Å². The Morgan fingerprint density at radius 3 is 2.34 bits per heavy atom. The number of aliphatic hydroxyl groups excluding tert-OH is 1. The Hall–Kier alpha value is -6.32. The molecule has 0 spiro atoms. The highest BCUT2D eigenvalue weighted by molar-refractivity contribution is 6.34. The number of urea groups is 1. The topological polar surface area (TPSA) is 188 Å². The number of carbonyl (C=O) groups excluding carboxylic acids is 4. The molecule has 10 rings (SSSR count). The number of anilines is 1. The molecule has 6 heterocycles. The third-order valence-corrected chi connectivity index (χ3v) is 16.8. The molecule has 404 valence electrons. The molecular formula is C55H62ClF4N9O7. The minimum absolute atomic E-state index is 0.0329. The summed E-state index contributed by atoms with van der Waals surface area (Å²) in [6.45, 7) is 5.56. The van der Waals surface area contributed by atoms with Crippen LogP contribution in [-0.4, -0.2) is 138 Å². The van der Waals surface area contributed by atoms with Gasteiger partial charge in [0.25, 0.3) is 0 Å². The number of aromatic nitrogens is 2. The third-order valence-electron chi connectivity index (χ3n) is 16.4. The van der Waals surface area contributed by atoms with Crippen LogP contribution in [0.2, 0.25) is 5.02 Å². The van der Waals surface area contributed by atoms with Crippen LogP contribution >= 0.6 is 11.6 Å². The smallest absolute Gasteiger partial charge is 0.329 e. The van der Waals surface area contributed by atoms with Gasteiger partial charge in [0.15, 0.2) is 28.8 Å². The van der Waals surface area contributed by atoms with Crippen LogP contribution in [0.3, 0.4) is 0 Å². The minimum Gasteiger partial charge on any atom is -0.488 e. The molecule has 4 saturated heterocycles. The van der Waals surface area contributed by atoms with Gasteiger partial charge in [-0.25, -0.2) is 22.4 Å². The van der Waals surface area contributed by atoms with Crippen LogP contribution in [0.1, 0.15) is 90.8 Å². The number of aryl methyl sites for hydroxylation is 1. The van der Waals surface area contributed by atoms with Crippen LogP contribution in [0.15, 0.2) is 54.6 Å². The van der Waals surface area contributed by atoms with E-state index in [4.69, 9.17) is 26.8 Å². The first-order chi connectivity index (χ1) is 36.5. The van der Waals surface area contributed by atoms with Crippen LogP contribution in [0.4, 0.5) is 28.2 Å². The molecule has 0 radical (unpaired) electrons.